The number of nitrogens with one attached hydrogen (secondary N) is 1. The summed E-state index contributed by atoms with van der Waals surface area (Å²) in [5, 5.41) is 12.0. The molecule has 9 heteroatoms. The fraction of sp³-hybridized carbons (Fsp3) is 0.316. The molecule has 28 heavy (non-hydrogen) atoms. The molecule has 2 aromatic rings. The fourth-order valence-corrected chi connectivity index (χ4v) is 3.15. The van der Waals surface area contributed by atoms with E-state index in [1.54, 1.807) is 41.2 Å². The van der Waals surface area contributed by atoms with E-state index in [1.807, 2.05) is 12.1 Å². The third kappa shape index (κ3) is 4.67. The van der Waals surface area contributed by atoms with Crippen molar-refractivity contribution < 1.29 is 18.4 Å². The first kappa shape index (κ1) is 19.8. The molecule has 1 saturated heterocycles. The van der Waals surface area contributed by atoms with Crippen molar-refractivity contribution in [2.75, 3.05) is 13.1 Å². The molecule has 2 amide bonds. The number of carbonyl (C=O) groups is 2. The predicted octanol–water partition coefficient (Wildman–Crippen LogP) is 2.68. The molecule has 0 radical (unpaired) electrons. The van der Waals surface area contributed by atoms with Crippen molar-refractivity contribution in [3.63, 3.8) is 0 Å². The molecular formula is C19H17ClF2N4O2. The molecule has 6 nitrogen and oxygen atoms in total. The Labute approximate surface area is 165 Å². The van der Waals surface area contributed by atoms with Crippen molar-refractivity contribution in [1.29, 1.82) is 5.26 Å². The third-order valence-electron chi connectivity index (χ3n) is 4.43. The molecule has 1 aliphatic rings. The van der Waals surface area contributed by atoms with Gasteiger partial charge in [-0.3, -0.25) is 9.59 Å². The van der Waals surface area contributed by atoms with Crippen LogP contribution < -0.4 is 5.32 Å². The van der Waals surface area contributed by atoms with E-state index in [9.17, 15) is 18.4 Å². The number of nitriles is 1. The average Bonchev–Trinajstić information content (AvgIpc) is 3.25. The van der Waals surface area contributed by atoms with Crippen LogP contribution >= 0.6 is 11.6 Å². The lowest BCUT2D eigenvalue weighted by atomic mass is 10.2. The quantitative estimate of drug-likeness (QED) is 0.829. The Kier molecular flexibility index (Phi) is 5.66. The number of carbonyl (C=O) groups excluding carboxylic acids is 2. The molecule has 0 unspecified atom stereocenters. The Morgan fingerprint density at radius 3 is 2.68 bits per heavy atom. The van der Waals surface area contributed by atoms with Gasteiger partial charge in [-0.05, 0) is 23.8 Å². The molecule has 0 bridgehead atoms. The minimum atomic E-state index is -3.08. The highest BCUT2D eigenvalue weighted by Gasteiger charge is 2.47. The number of benzene rings is 1. The van der Waals surface area contributed by atoms with Crippen molar-refractivity contribution in [2.24, 2.45) is 0 Å². The van der Waals surface area contributed by atoms with Crippen LogP contribution in [0.15, 0.2) is 42.7 Å². The molecular weight excluding hydrogens is 390 g/mol. The van der Waals surface area contributed by atoms with Gasteiger partial charge in [0.1, 0.15) is 6.04 Å². The number of rotatable bonds is 5. The summed E-state index contributed by atoms with van der Waals surface area (Å²) in [5.74, 6) is -4.29. The summed E-state index contributed by atoms with van der Waals surface area (Å²) in [6.45, 7) is -0.719. The zero-order chi connectivity index (χ0) is 20.3. The van der Waals surface area contributed by atoms with E-state index in [0.717, 1.165) is 10.5 Å². The molecule has 146 valence electrons. The standard InChI is InChI=1S/C19H17ClF2N4O2/c20-15-3-1-13(2-4-15)10-25-6-5-14(11-25)18(28)24-9-17(27)26-12-19(21,22)7-16(26)8-23/h1-6,11,16H,7,9-10,12H2,(H,24,28)/t16-/m0/s1. The summed E-state index contributed by atoms with van der Waals surface area (Å²) >= 11 is 5.85. The molecule has 1 atom stereocenters. The van der Waals surface area contributed by atoms with Gasteiger partial charge in [0, 0.05) is 30.4 Å². The van der Waals surface area contributed by atoms with Gasteiger partial charge in [-0.1, -0.05) is 23.7 Å². The molecule has 0 saturated carbocycles. The molecule has 0 spiro atoms. The molecule has 1 aromatic heterocycles. The molecule has 1 N–H and O–H groups in total. The third-order valence-corrected chi connectivity index (χ3v) is 4.68. The minimum Gasteiger partial charge on any atom is -0.349 e. The second-order valence-corrected chi connectivity index (χ2v) is 7.04. The van der Waals surface area contributed by atoms with E-state index in [4.69, 9.17) is 16.9 Å². The van der Waals surface area contributed by atoms with Gasteiger partial charge in [-0.25, -0.2) is 8.78 Å². The number of hydrogen-bond donors (Lipinski definition) is 1. The van der Waals surface area contributed by atoms with Crippen LogP contribution in [0.5, 0.6) is 0 Å². The van der Waals surface area contributed by atoms with Crippen LogP contribution in [0.1, 0.15) is 22.3 Å². The summed E-state index contributed by atoms with van der Waals surface area (Å²) in [6, 6.07) is 9.41. The minimum absolute atomic E-state index is 0.338. The van der Waals surface area contributed by atoms with E-state index in [2.05, 4.69) is 5.32 Å². The maximum Gasteiger partial charge on any atom is 0.268 e. The summed E-state index contributed by atoms with van der Waals surface area (Å²) in [5.41, 5.74) is 1.34. The zero-order valence-corrected chi connectivity index (χ0v) is 15.5. The van der Waals surface area contributed by atoms with Crippen molar-refractivity contribution >= 4 is 23.4 Å². The van der Waals surface area contributed by atoms with Crippen LogP contribution in [0.4, 0.5) is 8.78 Å². The summed E-state index contributed by atoms with van der Waals surface area (Å²) in [7, 11) is 0. The topological polar surface area (TPSA) is 78.1 Å². The molecule has 1 fully saturated rings. The van der Waals surface area contributed by atoms with Gasteiger partial charge >= 0.3 is 0 Å². The van der Waals surface area contributed by atoms with E-state index < -0.39 is 43.3 Å². The second-order valence-electron chi connectivity index (χ2n) is 6.61. The number of amides is 2. The van der Waals surface area contributed by atoms with Gasteiger partial charge in [-0.15, -0.1) is 0 Å². The monoisotopic (exact) mass is 406 g/mol. The van der Waals surface area contributed by atoms with Crippen LogP contribution in [0, 0.1) is 11.3 Å². The Hall–Kier alpha value is -2.92. The van der Waals surface area contributed by atoms with Crippen LogP contribution in [0.2, 0.25) is 5.02 Å². The van der Waals surface area contributed by atoms with E-state index >= 15 is 0 Å². The normalized spacial score (nSPS) is 17.9. The van der Waals surface area contributed by atoms with Crippen molar-refractivity contribution in [3.8, 4) is 6.07 Å². The molecule has 1 aromatic carbocycles. The molecule has 0 aliphatic carbocycles. The van der Waals surface area contributed by atoms with Crippen molar-refractivity contribution in [2.45, 2.75) is 24.9 Å². The molecule has 2 heterocycles. The van der Waals surface area contributed by atoms with Crippen molar-refractivity contribution in [3.05, 3.63) is 58.9 Å². The van der Waals surface area contributed by atoms with Gasteiger partial charge in [-0.2, -0.15) is 5.26 Å². The maximum absolute atomic E-state index is 13.4. The first-order valence-corrected chi connectivity index (χ1v) is 8.90. The van der Waals surface area contributed by atoms with Gasteiger partial charge < -0.3 is 14.8 Å². The van der Waals surface area contributed by atoms with Crippen LogP contribution in [-0.2, 0) is 11.3 Å². The van der Waals surface area contributed by atoms with E-state index in [0.29, 0.717) is 17.1 Å². The van der Waals surface area contributed by atoms with Gasteiger partial charge in [0.2, 0.25) is 5.91 Å². The van der Waals surface area contributed by atoms with Crippen LogP contribution in [0.25, 0.3) is 0 Å². The van der Waals surface area contributed by atoms with E-state index in [-0.39, 0.29) is 0 Å². The SMILES string of the molecule is N#C[C@@H]1CC(F)(F)CN1C(=O)CNC(=O)c1ccn(Cc2ccc(Cl)cc2)c1. The number of nitrogens with zero attached hydrogens (tertiary/aromatic N) is 3. The predicted molar refractivity (Wildman–Crippen MR) is 98.0 cm³/mol. The lowest BCUT2D eigenvalue weighted by Crippen LogP contribution is -2.42. The molecule has 1 aliphatic heterocycles. The smallest absolute Gasteiger partial charge is 0.268 e. The van der Waals surface area contributed by atoms with Crippen LogP contribution in [0.3, 0.4) is 0 Å². The lowest BCUT2D eigenvalue weighted by Gasteiger charge is -2.19. The fourth-order valence-electron chi connectivity index (χ4n) is 3.03. The van der Waals surface area contributed by atoms with Gasteiger partial charge in [0.05, 0.1) is 24.7 Å². The lowest BCUT2D eigenvalue weighted by molar-refractivity contribution is -0.131. The Balaban J connectivity index is 1.55. The highest BCUT2D eigenvalue weighted by atomic mass is 35.5. The summed E-state index contributed by atoms with van der Waals surface area (Å²) in [4.78, 5) is 25.2. The highest BCUT2D eigenvalue weighted by Crippen LogP contribution is 2.31. The first-order valence-electron chi connectivity index (χ1n) is 8.53. The van der Waals surface area contributed by atoms with E-state index in [1.165, 1.54) is 0 Å². The first-order chi connectivity index (χ1) is 13.3. The number of halogens is 3. The number of hydrogen-bond acceptors (Lipinski definition) is 3. The number of likely N-dealkylation sites (tertiary alicyclic amines) is 1. The largest absolute Gasteiger partial charge is 0.349 e. The number of aromatic nitrogens is 1. The summed E-state index contributed by atoms with van der Waals surface area (Å²) in [6.07, 6.45) is 2.66. The zero-order valence-electron chi connectivity index (χ0n) is 14.7. The summed E-state index contributed by atoms with van der Waals surface area (Å²) < 4.78 is 28.6. The average molecular weight is 407 g/mol. The Morgan fingerprint density at radius 1 is 1.29 bits per heavy atom. The number of alkyl halides is 2. The highest BCUT2D eigenvalue weighted by molar-refractivity contribution is 6.30. The van der Waals surface area contributed by atoms with Crippen LogP contribution in [-0.4, -0.2) is 46.3 Å². The molecule has 3 rings (SSSR count). The van der Waals surface area contributed by atoms with Gasteiger partial charge in [0.25, 0.3) is 11.8 Å². The second kappa shape index (κ2) is 7.98. The van der Waals surface area contributed by atoms with Crippen molar-refractivity contribution in [1.82, 2.24) is 14.8 Å². The Morgan fingerprint density at radius 2 is 2.00 bits per heavy atom. The Bertz CT molecular complexity index is 921. The maximum atomic E-state index is 13.4. The van der Waals surface area contributed by atoms with Gasteiger partial charge in [0.15, 0.2) is 0 Å².